The fourth-order valence-corrected chi connectivity index (χ4v) is 5.44. The summed E-state index contributed by atoms with van der Waals surface area (Å²) in [4.78, 5) is 23.1. The Morgan fingerprint density at radius 2 is 2.09 bits per heavy atom. The van der Waals surface area contributed by atoms with Gasteiger partial charge in [-0.3, -0.25) is 0 Å². The lowest BCUT2D eigenvalue weighted by atomic mass is 10.2. The van der Waals surface area contributed by atoms with E-state index < -0.39 is 11.5 Å². The van der Waals surface area contributed by atoms with Gasteiger partial charge in [-0.15, -0.1) is 11.8 Å². The zero-order valence-corrected chi connectivity index (χ0v) is 17.2. The first-order valence-electron chi connectivity index (χ1n) is 7.06. The molecule has 0 spiro atoms. The number of aryl methyl sites for hydroxylation is 1. The molecule has 4 heterocycles. The van der Waals surface area contributed by atoms with Crippen molar-refractivity contribution in [3.63, 3.8) is 0 Å². The number of piperazine rings is 1. The first-order valence-corrected chi connectivity index (χ1v) is 9.98. The standard InChI is InChI=1S/C13H12FI2N5OS/c1-6-9(14)10-8-11(18-13(22)21(10)16)20-3-2-19(15)4-7(20)5-23-12(8)17-6/h7H,2-5H2,1H3. The van der Waals surface area contributed by atoms with Crippen molar-refractivity contribution in [1.82, 2.24) is 15.9 Å². The monoisotopic (exact) mass is 559 g/mol. The topological polar surface area (TPSA) is 54.3 Å². The first kappa shape index (κ1) is 16.3. The van der Waals surface area contributed by atoms with Crippen LogP contribution in [0.5, 0.6) is 0 Å². The Hall–Kier alpha value is -0.210. The predicted molar refractivity (Wildman–Crippen MR) is 105 cm³/mol. The number of hydrogen-bond donors (Lipinski definition) is 0. The minimum absolute atomic E-state index is 0.239. The van der Waals surface area contributed by atoms with Crippen LogP contribution in [-0.2, 0) is 0 Å². The van der Waals surface area contributed by atoms with Gasteiger partial charge < -0.3 is 4.90 Å². The Morgan fingerprint density at radius 3 is 2.87 bits per heavy atom. The van der Waals surface area contributed by atoms with Crippen molar-refractivity contribution in [2.45, 2.75) is 18.0 Å². The van der Waals surface area contributed by atoms with E-state index in [1.54, 1.807) is 18.7 Å². The van der Waals surface area contributed by atoms with Gasteiger partial charge in [-0.25, -0.2) is 20.1 Å². The summed E-state index contributed by atoms with van der Waals surface area (Å²) in [7, 11) is 0. The number of aromatic nitrogens is 3. The molecule has 0 bridgehead atoms. The molecule has 0 aliphatic carbocycles. The maximum atomic E-state index is 14.7. The Labute approximate surface area is 163 Å². The molecule has 2 aliphatic heterocycles. The van der Waals surface area contributed by atoms with Crippen molar-refractivity contribution in [3.8, 4) is 0 Å². The normalized spacial score (nSPS) is 21.4. The van der Waals surface area contributed by atoms with Gasteiger partial charge >= 0.3 is 5.69 Å². The predicted octanol–water partition coefficient (Wildman–Crippen LogP) is 2.38. The van der Waals surface area contributed by atoms with Crippen LogP contribution in [0, 0.1) is 12.7 Å². The molecular weight excluding hydrogens is 547 g/mol. The van der Waals surface area contributed by atoms with E-state index in [4.69, 9.17) is 0 Å². The molecule has 122 valence electrons. The Bertz CT molecular complexity index is 876. The summed E-state index contributed by atoms with van der Waals surface area (Å²) >= 11 is 5.76. The number of halogens is 3. The zero-order valence-electron chi connectivity index (χ0n) is 12.1. The summed E-state index contributed by atoms with van der Waals surface area (Å²) in [5, 5.41) is 1.43. The van der Waals surface area contributed by atoms with E-state index in [0.29, 0.717) is 22.4 Å². The second-order valence-electron chi connectivity index (χ2n) is 5.57. The minimum Gasteiger partial charge on any atom is -0.349 e. The van der Waals surface area contributed by atoms with Crippen LogP contribution in [0.25, 0.3) is 10.9 Å². The molecule has 0 amide bonds. The highest BCUT2D eigenvalue weighted by atomic mass is 127. The molecule has 0 radical (unpaired) electrons. The Balaban J connectivity index is 2.06. The maximum absolute atomic E-state index is 14.7. The maximum Gasteiger partial charge on any atom is 0.359 e. The lowest BCUT2D eigenvalue weighted by molar-refractivity contribution is 0.401. The number of rotatable bonds is 0. The third-order valence-electron chi connectivity index (χ3n) is 4.15. The van der Waals surface area contributed by atoms with Crippen LogP contribution < -0.4 is 10.6 Å². The second-order valence-corrected chi connectivity index (χ2v) is 8.90. The van der Waals surface area contributed by atoms with E-state index in [2.05, 4.69) is 40.8 Å². The lowest BCUT2D eigenvalue weighted by Crippen LogP contribution is -2.51. The number of nitrogens with zero attached hydrogens (tertiary/aromatic N) is 5. The van der Waals surface area contributed by atoms with Crippen LogP contribution in [-0.4, -0.2) is 47.3 Å². The zero-order chi connectivity index (χ0) is 16.3. The summed E-state index contributed by atoms with van der Waals surface area (Å²) in [6, 6.07) is 0.239. The van der Waals surface area contributed by atoms with Gasteiger partial charge in [-0.2, -0.15) is 4.98 Å². The molecular formula is C13H12FI2N5OS. The molecule has 2 aromatic heterocycles. The SMILES string of the molecule is Cc1nc2c3c(nc(=O)n(I)c3c1F)N1CCN(I)CC1CS2. The fraction of sp³-hybridized carbons (Fsp3) is 0.462. The van der Waals surface area contributed by atoms with Crippen LogP contribution in [0.3, 0.4) is 0 Å². The van der Waals surface area contributed by atoms with Crippen molar-refractivity contribution >= 4 is 74.2 Å². The highest BCUT2D eigenvalue weighted by Gasteiger charge is 2.34. The summed E-state index contributed by atoms with van der Waals surface area (Å²) < 4.78 is 18.2. The van der Waals surface area contributed by atoms with Crippen molar-refractivity contribution in [2.24, 2.45) is 0 Å². The van der Waals surface area contributed by atoms with Gasteiger partial charge in [0.25, 0.3) is 0 Å². The largest absolute Gasteiger partial charge is 0.359 e. The lowest BCUT2D eigenvalue weighted by Gasteiger charge is -2.38. The van der Waals surface area contributed by atoms with Gasteiger partial charge in [0.2, 0.25) is 0 Å². The Morgan fingerprint density at radius 1 is 1.30 bits per heavy atom. The van der Waals surface area contributed by atoms with E-state index in [-0.39, 0.29) is 6.04 Å². The molecule has 6 nitrogen and oxygen atoms in total. The highest BCUT2D eigenvalue weighted by Crippen LogP contribution is 2.39. The molecule has 2 aromatic rings. The van der Waals surface area contributed by atoms with Gasteiger partial charge in [0.15, 0.2) is 5.82 Å². The minimum atomic E-state index is -0.439. The second kappa shape index (κ2) is 5.95. The van der Waals surface area contributed by atoms with E-state index in [1.165, 1.54) is 2.78 Å². The van der Waals surface area contributed by atoms with Crippen LogP contribution in [0.4, 0.5) is 10.2 Å². The van der Waals surface area contributed by atoms with E-state index in [1.807, 2.05) is 22.9 Å². The number of pyridine rings is 1. The van der Waals surface area contributed by atoms with Gasteiger partial charge in [0.05, 0.1) is 40.0 Å². The third-order valence-corrected chi connectivity index (χ3v) is 7.04. The van der Waals surface area contributed by atoms with Crippen LogP contribution in [0.1, 0.15) is 5.69 Å². The van der Waals surface area contributed by atoms with Gasteiger partial charge in [0.1, 0.15) is 16.4 Å². The van der Waals surface area contributed by atoms with Gasteiger partial charge in [-0.05, 0) is 6.92 Å². The summed E-state index contributed by atoms with van der Waals surface area (Å²) in [5.41, 5.74) is 0.177. The first-order chi connectivity index (χ1) is 11.0. The molecule has 1 fully saturated rings. The van der Waals surface area contributed by atoms with Crippen molar-refractivity contribution in [3.05, 3.63) is 22.0 Å². The molecule has 4 rings (SSSR count). The molecule has 0 aromatic carbocycles. The van der Waals surface area contributed by atoms with Crippen LogP contribution in [0.15, 0.2) is 9.82 Å². The van der Waals surface area contributed by atoms with Gasteiger partial charge in [0, 0.05) is 48.3 Å². The average molecular weight is 559 g/mol. The molecule has 1 saturated heterocycles. The molecule has 1 atom stereocenters. The average Bonchev–Trinajstić information content (AvgIpc) is 2.65. The fourth-order valence-electron chi connectivity index (χ4n) is 3.04. The van der Waals surface area contributed by atoms with Crippen molar-refractivity contribution < 1.29 is 4.39 Å². The van der Waals surface area contributed by atoms with E-state index >= 15 is 0 Å². The van der Waals surface area contributed by atoms with Crippen LogP contribution in [0.2, 0.25) is 0 Å². The molecule has 23 heavy (non-hydrogen) atoms. The number of fused-ring (bicyclic) bond motifs is 2. The molecule has 1 unspecified atom stereocenters. The molecule has 0 N–H and O–H groups in total. The highest BCUT2D eigenvalue weighted by molar-refractivity contribution is 14.1. The van der Waals surface area contributed by atoms with E-state index in [0.717, 1.165) is 30.4 Å². The molecule has 10 heteroatoms. The summed E-state index contributed by atoms with van der Waals surface area (Å²) in [6.45, 7) is 4.18. The molecule has 2 aliphatic rings. The number of thioether (sulfide) groups is 1. The Kier molecular flexibility index (Phi) is 4.21. The van der Waals surface area contributed by atoms with E-state index in [9.17, 15) is 9.18 Å². The quantitative estimate of drug-likeness (QED) is 0.366. The van der Waals surface area contributed by atoms with Gasteiger partial charge in [-0.1, -0.05) is 0 Å². The number of hydrogen-bond acceptors (Lipinski definition) is 6. The molecule has 0 saturated carbocycles. The van der Waals surface area contributed by atoms with Crippen molar-refractivity contribution in [2.75, 3.05) is 30.3 Å². The summed E-state index contributed by atoms with van der Waals surface area (Å²) in [5.74, 6) is 0.989. The van der Waals surface area contributed by atoms with Crippen LogP contribution >= 0.6 is 57.5 Å². The number of anilines is 1. The third kappa shape index (κ3) is 2.56. The van der Waals surface area contributed by atoms with Crippen molar-refractivity contribution in [1.29, 1.82) is 0 Å². The smallest absolute Gasteiger partial charge is 0.349 e. The summed E-state index contributed by atoms with van der Waals surface area (Å²) in [6.07, 6.45) is 0.